The number of hydrogen-bond donors (Lipinski definition) is 1. The minimum atomic E-state index is 0.213. The topological polar surface area (TPSA) is 66.8 Å². The van der Waals surface area contributed by atoms with E-state index in [0.717, 1.165) is 42.8 Å². The Kier molecular flexibility index (Phi) is 4.02. The summed E-state index contributed by atoms with van der Waals surface area (Å²) in [5.74, 6) is 1.09. The number of aromatic nitrogens is 4. The smallest absolute Gasteiger partial charge is 0.223 e. The van der Waals surface area contributed by atoms with E-state index in [0.29, 0.717) is 12.8 Å². The highest BCUT2D eigenvalue weighted by Gasteiger charge is 2.28. The monoisotopic (exact) mass is 323 g/mol. The van der Waals surface area contributed by atoms with E-state index in [9.17, 15) is 4.79 Å². The van der Waals surface area contributed by atoms with Gasteiger partial charge in [-0.2, -0.15) is 5.10 Å². The van der Waals surface area contributed by atoms with E-state index in [1.165, 1.54) is 0 Å². The van der Waals surface area contributed by atoms with Crippen molar-refractivity contribution >= 4 is 16.9 Å². The van der Waals surface area contributed by atoms with E-state index < -0.39 is 0 Å². The zero-order valence-corrected chi connectivity index (χ0v) is 13.6. The number of nitrogens with one attached hydrogen (secondary N) is 1. The highest BCUT2D eigenvalue weighted by atomic mass is 16.2. The van der Waals surface area contributed by atoms with Crippen molar-refractivity contribution in [3.8, 4) is 0 Å². The van der Waals surface area contributed by atoms with Gasteiger partial charge >= 0.3 is 0 Å². The first-order valence-corrected chi connectivity index (χ1v) is 8.50. The fraction of sp³-hybridized carbons (Fsp3) is 0.389. The summed E-state index contributed by atoms with van der Waals surface area (Å²) in [6, 6.07) is 10.1. The largest absolute Gasteiger partial charge is 0.342 e. The van der Waals surface area contributed by atoms with Crippen LogP contribution in [0.3, 0.4) is 0 Å². The van der Waals surface area contributed by atoms with Crippen molar-refractivity contribution in [3.63, 3.8) is 0 Å². The van der Waals surface area contributed by atoms with Crippen LogP contribution < -0.4 is 0 Å². The molecule has 1 aromatic carbocycles. The van der Waals surface area contributed by atoms with E-state index in [2.05, 4.69) is 15.1 Å². The van der Waals surface area contributed by atoms with Crippen LogP contribution in [0.2, 0.25) is 0 Å². The molecule has 1 aliphatic rings. The van der Waals surface area contributed by atoms with Gasteiger partial charge in [-0.25, -0.2) is 4.98 Å². The first-order chi connectivity index (χ1) is 11.8. The van der Waals surface area contributed by atoms with Gasteiger partial charge < -0.3 is 9.88 Å². The standard InChI is InChI=1S/C18H21N5O/c24-18(9-8-17-20-15-6-1-2-7-16(15)21-17)23-12-3-5-14(23)13-22-11-4-10-19-22/h1-2,4,6-7,10-11,14H,3,5,8-9,12-13H2,(H,20,21). The van der Waals surface area contributed by atoms with E-state index in [1.54, 1.807) is 6.20 Å². The molecule has 4 rings (SSSR count). The summed E-state index contributed by atoms with van der Waals surface area (Å²) in [5.41, 5.74) is 1.98. The Morgan fingerprint density at radius 3 is 3.04 bits per heavy atom. The maximum atomic E-state index is 12.6. The second kappa shape index (κ2) is 6.47. The summed E-state index contributed by atoms with van der Waals surface area (Å²) in [5, 5.41) is 4.26. The van der Waals surface area contributed by atoms with E-state index >= 15 is 0 Å². The van der Waals surface area contributed by atoms with Crippen LogP contribution >= 0.6 is 0 Å². The van der Waals surface area contributed by atoms with Crippen molar-refractivity contribution in [2.75, 3.05) is 6.54 Å². The first kappa shape index (κ1) is 14.9. The third kappa shape index (κ3) is 3.04. The zero-order chi connectivity index (χ0) is 16.4. The van der Waals surface area contributed by atoms with Gasteiger partial charge in [0.25, 0.3) is 0 Å². The number of rotatable bonds is 5. The quantitative estimate of drug-likeness (QED) is 0.784. The van der Waals surface area contributed by atoms with E-state index in [1.807, 2.05) is 46.1 Å². The highest BCUT2D eigenvalue weighted by Crippen LogP contribution is 2.20. The van der Waals surface area contributed by atoms with E-state index in [4.69, 9.17) is 0 Å². The molecule has 0 spiro atoms. The molecule has 1 saturated heterocycles. The van der Waals surface area contributed by atoms with Crippen LogP contribution in [0.5, 0.6) is 0 Å². The van der Waals surface area contributed by atoms with Crippen molar-refractivity contribution in [3.05, 3.63) is 48.5 Å². The summed E-state index contributed by atoms with van der Waals surface area (Å²) in [4.78, 5) is 22.5. The third-order valence-electron chi connectivity index (χ3n) is 4.67. The highest BCUT2D eigenvalue weighted by molar-refractivity contribution is 5.78. The average Bonchev–Trinajstić information content (AvgIpc) is 3.33. The molecule has 6 heteroatoms. The number of hydrogen-bond acceptors (Lipinski definition) is 3. The van der Waals surface area contributed by atoms with Gasteiger partial charge in [0.05, 0.1) is 23.6 Å². The van der Waals surface area contributed by atoms with E-state index in [-0.39, 0.29) is 11.9 Å². The van der Waals surface area contributed by atoms with Gasteiger partial charge in [0.15, 0.2) is 0 Å². The van der Waals surface area contributed by atoms with Crippen molar-refractivity contribution in [2.45, 2.75) is 38.3 Å². The Morgan fingerprint density at radius 1 is 1.29 bits per heavy atom. The number of carbonyl (C=O) groups excluding carboxylic acids is 1. The zero-order valence-electron chi connectivity index (χ0n) is 13.6. The van der Waals surface area contributed by atoms with Crippen molar-refractivity contribution in [1.82, 2.24) is 24.6 Å². The number of aromatic amines is 1. The number of fused-ring (bicyclic) bond motifs is 1. The molecule has 1 N–H and O–H groups in total. The lowest BCUT2D eigenvalue weighted by atomic mass is 10.2. The second-order valence-corrected chi connectivity index (χ2v) is 6.31. The fourth-order valence-corrected chi connectivity index (χ4v) is 3.47. The third-order valence-corrected chi connectivity index (χ3v) is 4.67. The normalized spacial score (nSPS) is 17.7. The number of aryl methyl sites for hydroxylation is 1. The molecule has 0 aliphatic carbocycles. The molecule has 24 heavy (non-hydrogen) atoms. The molecule has 1 amide bonds. The molecular weight excluding hydrogens is 302 g/mol. The minimum Gasteiger partial charge on any atom is -0.342 e. The molecule has 3 heterocycles. The van der Waals surface area contributed by atoms with Gasteiger partial charge in [-0.3, -0.25) is 9.48 Å². The molecule has 0 bridgehead atoms. The summed E-state index contributed by atoms with van der Waals surface area (Å²) < 4.78 is 1.91. The lowest BCUT2D eigenvalue weighted by Crippen LogP contribution is -2.38. The predicted octanol–water partition coefficient (Wildman–Crippen LogP) is 2.38. The summed E-state index contributed by atoms with van der Waals surface area (Å²) in [7, 11) is 0. The van der Waals surface area contributed by atoms with Gasteiger partial charge in [0, 0.05) is 31.8 Å². The second-order valence-electron chi connectivity index (χ2n) is 6.31. The maximum absolute atomic E-state index is 12.6. The van der Waals surface area contributed by atoms with Gasteiger partial charge in [0.1, 0.15) is 5.82 Å². The molecule has 1 unspecified atom stereocenters. The Morgan fingerprint density at radius 2 is 2.21 bits per heavy atom. The summed E-state index contributed by atoms with van der Waals surface area (Å²) >= 11 is 0. The van der Waals surface area contributed by atoms with Crippen LogP contribution in [0.1, 0.15) is 25.1 Å². The molecule has 3 aromatic rings. The number of likely N-dealkylation sites (tertiary alicyclic amines) is 1. The lowest BCUT2D eigenvalue weighted by Gasteiger charge is -2.24. The Bertz CT molecular complexity index is 790. The van der Waals surface area contributed by atoms with Gasteiger partial charge in [-0.15, -0.1) is 0 Å². The fourth-order valence-electron chi connectivity index (χ4n) is 3.47. The molecule has 0 saturated carbocycles. The summed E-state index contributed by atoms with van der Waals surface area (Å²) in [6.45, 7) is 1.63. The van der Waals surface area contributed by atoms with Crippen LogP contribution in [0.4, 0.5) is 0 Å². The molecule has 1 atom stereocenters. The minimum absolute atomic E-state index is 0.213. The molecular formula is C18H21N5O. The number of imidazole rings is 1. The molecule has 1 fully saturated rings. The van der Waals surface area contributed by atoms with Crippen LogP contribution in [0.15, 0.2) is 42.7 Å². The number of benzene rings is 1. The molecule has 124 valence electrons. The maximum Gasteiger partial charge on any atom is 0.223 e. The number of nitrogens with zero attached hydrogens (tertiary/aromatic N) is 4. The Labute approximate surface area is 140 Å². The SMILES string of the molecule is O=C(CCc1nc2ccccc2[nH]1)N1CCCC1Cn1cccn1. The van der Waals surface area contributed by atoms with Gasteiger partial charge in [0.2, 0.25) is 5.91 Å². The number of carbonyl (C=O) groups is 1. The van der Waals surface area contributed by atoms with Crippen molar-refractivity contribution in [1.29, 1.82) is 0 Å². The average molecular weight is 323 g/mol. The van der Waals surface area contributed by atoms with Gasteiger partial charge in [-0.1, -0.05) is 12.1 Å². The van der Waals surface area contributed by atoms with Crippen LogP contribution in [0, 0.1) is 0 Å². The van der Waals surface area contributed by atoms with Crippen LogP contribution in [0.25, 0.3) is 11.0 Å². The molecule has 6 nitrogen and oxygen atoms in total. The van der Waals surface area contributed by atoms with Gasteiger partial charge in [-0.05, 0) is 31.0 Å². The Hall–Kier alpha value is -2.63. The number of para-hydroxylation sites is 2. The Balaban J connectivity index is 1.38. The molecule has 2 aromatic heterocycles. The van der Waals surface area contributed by atoms with Crippen LogP contribution in [-0.4, -0.2) is 43.1 Å². The summed E-state index contributed by atoms with van der Waals surface area (Å²) in [6.07, 6.45) is 7.00. The number of H-pyrrole nitrogens is 1. The lowest BCUT2D eigenvalue weighted by molar-refractivity contribution is -0.132. The van der Waals surface area contributed by atoms with Crippen molar-refractivity contribution < 1.29 is 4.79 Å². The number of amides is 1. The predicted molar refractivity (Wildman–Crippen MR) is 91.4 cm³/mol. The molecule has 1 aliphatic heterocycles. The molecule has 0 radical (unpaired) electrons. The van der Waals surface area contributed by atoms with Crippen LogP contribution in [-0.2, 0) is 17.8 Å². The first-order valence-electron chi connectivity index (χ1n) is 8.50. The van der Waals surface area contributed by atoms with Crippen molar-refractivity contribution in [2.24, 2.45) is 0 Å².